The van der Waals surface area contributed by atoms with Gasteiger partial charge in [-0.1, -0.05) is 11.6 Å². The number of fused-ring (bicyclic) bond motifs is 2. The van der Waals surface area contributed by atoms with Gasteiger partial charge < -0.3 is 19.3 Å². The molecule has 0 aliphatic carbocycles. The van der Waals surface area contributed by atoms with E-state index >= 15 is 0 Å². The number of hydrogen-bond donors (Lipinski definition) is 0. The molecular formula is C26H32ClF2N5O3. The number of pyridine rings is 1. The quantitative estimate of drug-likeness (QED) is 0.464. The van der Waals surface area contributed by atoms with Gasteiger partial charge in [-0.05, 0) is 52.5 Å². The first-order valence-electron chi connectivity index (χ1n) is 12.8. The fourth-order valence-corrected chi connectivity index (χ4v) is 5.34. The van der Waals surface area contributed by atoms with Gasteiger partial charge >= 0.3 is 6.09 Å². The molecule has 1 amide bonds. The van der Waals surface area contributed by atoms with Crippen LogP contribution in [0, 0.1) is 0 Å². The van der Waals surface area contributed by atoms with Crippen molar-refractivity contribution >= 4 is 29.2 Å². The van der Waals surface area contributed by atoms with Crippen molar-refractivity contribution in [2.45, 2.75) is 77.4 Å². The van der Waals surface area contributed by atoms with Gasteiger partial charge in [0, 0.05) is 44.2 Å². The smallest absolute Gasteiger partial charge is 0.410 e. The molecule has 37 heavy (non-hydrogen) atoms. The molecule has 1 fully saturated rings. The molecule has 0 bridgehead atoms. The van der Waals surface area contributed by atoms with Crippen molar-refractivity contribution in [3.05, 3.63) is 39.6 Å². The van der Waals surface area contributed by atoms with Crippen molar-refractivity contribution in [2.24, 2.45) is 0 Å². The fourth-order valence-electron chi connectivity index (χ4n) is 5.11. The Morgan fingerprint density at radius 1 is 1.14 bits per heavy atom. The zero-order chi connectivity index (χ0) is 26.3. The highest BCUT2D eigenvalue weighted by atomic mass is 35.5. The van der Waals surface area contributed by atoms with Gasteiger partial charge in [0.15, 0.2) is 0 Å². The normalized spacial score (nSPS) is 18.6. The standard InChI is InChI=1S/C26H32ClF2N5O3/c1-26(2,3)37-25(35)33-10-6-18-17(14-33)24(32-23(31-18)15-7-11-36-12-8-15)34-9-4-5-19-20(34)13-16(22(28)29)21(27)30-19/h13,15,22H,4-12,14H2,1-3H3. The minimum Gasteiger partial charge on any atom is -0.444 e. The third-order valence-electron chi connectivity index (χ3n) is 6.93. The number of alkyl halides is 2. The monoisotopic (exact) mass is 535 g/mol. The minimum absolute atomic E-state index is 0.158. The fraction of sp³-hybridized carbons (Fsp3) is 0.615. The number of nitrogens with zero attached hydrogens (tertiary/aromatic N) is 5. The van der Waals surface area contributed by atoms with E-state index in [4.69, 9.17) is 31.0 Å². The number of aromatic nitrogens is 3. The number of hydrogen-bond acceptors (Lipinski definition) is 7. The van der Waals surface area contributed by atoms with Crippen molar-refractivity contribution < 1.29 is 23.0 Å². The summed E-state index contributed by atoms with van der Waals surface area (Å²) in [5.41, 5.74) is 2.03. The van der Waals surface area contributed by atoms with Crippen LogP contribution in [0.4, 0.5) is 25.1 Å². The van der Waals surface area contributed by atoms with E-state index in [1.165, 1.54) is 6.07 Å². The summed E-state index contributed by atoms with van der Waals surface area (Å²) in [5.74, 6) is 1.54. The molecule has 1 saturated heterocycles. The van der Waals surface area contributed by atoms with Gasteiger partial charge in [0.25, 0.3) is 6.43 Å². The molecule has 2 aromatic rings. The second-order valence-corrected chi connectivity index (χ2v) is 11.1. The second-order valence-electron chi connectivity index (χ2n) is 10.8. The van der Waals surface area contributed by atoms with Gasteiger partial charge in [0.2, 0.25) is 0 Å². The number of carbonyl (C=O) groups is 1. The zero-order valence-corrected chi connectivity index (χ0v) is 22.2. The summed E-state index contributed by atoms with van der Waals surface area (Å²) in [6.45, 7) is 8.15. The maximum atomic E-state index is 13.7. The lowest BCUT2D eigenvalue weighted by atomic mass is 9.97. The van der Waals surface area contributed by atoms with Crippen LogP contribution in [0.2, 0.25) is 5.15 Å². The predicted molar refractivity (Wildman–Crippen MR) is 135 cm³/mol. The van der Waals surface area contributed by atoms with Crippen LogP contribution in [0.25, 0.3) is 0 Å². The lowest BCUT2D eigenvalue weighted by Gasteiger charge is -2.36. The van der Waals surface area contributed by atoms with Crippen LogP contribution in [0.5, 0.6) is 0 Å². The Hall–Kier alpha value is -2.59. The molecule has 0 aromatic carbocycles. The van der Waals surface area contributed by atoms with Gasteiger partial charge in [-0.25, -0.2) is 28.5 Å². The van der Waals surface area contributed by atoms with E-state index in [0.717, 1.165) is 36.3 Å². The van der Waals surface area contributed by atoms with E-state index in [-0.39, 0.29) is 23.2 Å². The Morgan fingerprint density at radius 2 is 1.89 bits per heavy atom. The van der Waals surface area contributed by atoms with E-state index in [1.54, 1.807) is 4.90 Å². The Balaban J connectivity index is 1.59. The van der Waals surface area contributed by atoms with E-state index in [9.17, 15) is 13.6 Å². The Kier molecular flexibility index (Phi) is 7.24. The molecule has 0 unspecified atom stereocenters. The average molecular weight is 536 g/mol. The average Bonchev–Trinajstić information content (AvgIpc) is 2.86. The first-order chi connectivity index (χ1) is 17.6. The van der Waals surface area contributed by atoms with Crippen molar-refractivity contribution in [2.75, 3.05) is 31.2 Å². The Morgan fingerprint density at radius 3 is 2.59 bits per heavy atom. The van der Waals surface area contributed by atoms with Crippen LogP contribution in [-0.4, -0.2) is 57.8 Å². The highest BCUT2D eigenvalue weighted by molar-refractivity contribution is 6.30. The number of ether oxygens (including phenoxy) is 2. The first kappa shape index (κ1) is 26.0. The third kappa shape index (κ3) is 5.50. The van der Waals surface area contributed by atoms with E-state index in [2.05, 4.69) is 4.98 Å². The minimum atomic E-state index is -2.74. The summed E-state index contributed by atoms with van der Waals surface area (Å²) in [6, 6.07) is 1.44. The van der Waals surface area contributed by atoms with E-state index in [0.29, 0.717) is 56.3 Å². The molecule has 0 spiro atoms. The number of halogens is 3. The number of rotatable bonds is 3. The van der Waals surface area contributed by atoms with Crippen LogP contribution >= 0.6 is 11.6 Å². The lowest BCUT2D eigenvalue weighted by molar-refractivity contribution is 0.0222. The van der Waals surface area contributed by atoms with Crippen molar-refractivity contribution in [1.29, 1.82) is 0 Å². The van der Waals surface area contributed by atoms with Gasteiger partial charge in [0.1, 0.15) is 22.4 Å². The maximum absolute atomic E-state index is 13.7. The Labute approximate surface area is 220 Å². The van der Waals surface area contributed by atoms with Gasteiger partial charge in [-0.2, -0.15) is 0 Å². The molecule has 3 aliphatic heterocycles. The molecule has 8 nitrogen and oxygen atoms in total. The van der Waals surface area contributed by atoms with E-state index < -0.39 is 18.1 Å². The molecule has 11 heteroatoms. The molecule has 200 valence electrons. The zero-order valence-electron chi connectivity index (χ0n) is 21.4. The Bertz CT molecular complexity index is 1180. The third-order valence-corrected chi connectivity index (χ3v) is 7.23. The lowest BCUT2D eigenvalue weighted by Crippen LogP contribution is -2.41. The van der Waals surface area contributed by atoms with Crippen LogP contribution < -0.4 is 4.90 Å². The molecule has 5 rings (SSSR count). The summed E-state index contributed by atoms with van der Waals surface area (Å²) >= 11 is 6.09. The van der Waals surface area contributed by atoms with Crippen LogP contribution in [0.15, 0.2) is 6.07 Å². The highest BCUT2D eigenvalue weighted by Gasteiger charge is 2.34. The largest absolute Gasteiger partial charge is 0.444 e. The number of anilines is 2. The van der Waals surface area contributed by atoms with E-state index in [1.807, 2.05) is 25.7 Å². The summed E-state index contributed by atoms with van der Waals surface area (Å²) in [6.07, 6.45) is 0.475. The summed E-state index contributed by atoms with van der Waals surface area (Å²) in [7, 11) is 0. The molecular weight excluding hydrogens is 504 g/mol. The second kappa shape index (κ2) is 10.3. The van der Waals surface area contributed by atoms with Crippen LogP contribution in [-0.2, 0) is 28.9 Å². The van der Waals surface area contributed by atoms with Crippen molar-refractivity contribution in [3.8, 4) is 0 Å². The first-order valence-corrected chi connectivity index (χ1v) is 13.2. The van der Waals surface area contributed by atoms with Crippen molar-refractivity contribution in [1.82, 2.24) is 19.9 Å². The molecule has 0 N–H and O–H groups in total. The van der Waals surface area contributed by atoms with Crippen LogP contribution in [0.3, 0.4) is 0 Å². The van der Waals surface area contributed by atoms with Crippen molar-refractivity contribution in [3.63, 3.8) is 0 Å². The topological polar surface area (TPSA) is 80.7 Å². The molecule has 0 atom stereocenters. The molecule has 0 radical (unpaired) electrons. The number of carbonyl (C=O) groups excluding carboxylic acids is 1. The highest BCUT2D eigenvalue weighted by Crippen LogP contribution is 2.40. The SMILES string of the molecule is CC(C)(C)OC(=O)N1CCc2nc(C3CCOCC3)nc(N3CCCc4nc(Cl)c(C(F)F)cc43)c2C1. The molecule has 3 aliphatic rings. The van der Waals surface area contributed by atoms with Crippen LogP contribution in [0.1, 0.15) is 80.7 Å². The summed E-state index contributed by atoms with van der Waals surface area (Å²) in [4.78, 5) is 30.8. The van der Waals surface area contributed by atoms with Gasteiger partial charge in [-0.15, -0.1) is 0 Å². The van der Waals surface area contributed by atoms with Gasteiger partial charge in [-0.3, -0.25) is 0 Å². The predicted octanol–water partition coefficient (Wildman–Crippen LogP) is 5.73. The summed E-state index contributed by atoms with van der Waals surface area (Å²) in [5, 5.41) is -0.167. The maximum Gasteiger partial charge on any atom is 0.410 e. The summed E-state index contributed by atoms with van der Waals surface area (Å²) < 4.78 is 38.6. The van der Waals surface area contributed by atoms with Gasteiger partial charge in [0.05, 0.1) is 29.2 Å². The number of aryl methyl sites for hydroxylation is 1. The molecule has 5 heterocycles. The number of amides is 1. The molecule has 0 saturated carbocycles. The molecule has 2 aromatic heterocycles.